The highest BCUT2D eigenvalue weighted by atomic mass is 16.2. The molecule has 1 aliphatic heterocycles. The van der Waals surface area contributed by atoms with Crippen molar-refractivity contribution in [2.24, 2.45) is 11.3 Å². The van der Waals surface area contributed by atoms with E-state index in [0.717, 1.165) is 32.2 Å². The third kappa shape index (κ3) is 3.93. The molecule has 1 fully saturated rings. The molecule has 2 N–H and O–H groups in total. The number of hydrogen-bond donors (Lipinski definition) is 2. The van der Waals surface area contributed by atoms with Crippen molar-refractivity contribution in [1.82, 2.24) is 5.32 Å². The van der Waals surface area contributed by atoms with Crippen LogP contribution in [0.1, 0.15) is 77.0 Å². The topological polar surface area (TPSA) is 41.1 Å². The van der Waals surface area contributed by atoms with Crippen molar-refractivity contribution < 1.29 is 4.79 Å². The zero-order chi connectivity index (χ0) is 18.5. The summed E-state index contributed by atoms with van der Waals surface area (Å²) in [4.78, 5) is 13.0. The molecule has 1 saturated carbocycles. The summed E-state index contributed by atoms with van der Waals surface area (Å²) in [7, 11) is 0. The van der Waals surface area contributed by atoms with E-state index in [1.165, 1.54) is 62.8 Å². The number of carbonyl (C=O) groups is 1. The molecule has 0 unspecified atom stereocenters. The minimum atomic E-state index is 0.198. The summed E-state index contributed by atoms with van der Waals surface area (Å²) >= 11 is 0. The number of anilines is 1. The first-order valence-electron chi connectivity index (χ1n) is 11.1. The van der Waals surface area contributed by atoms with Crippen LogP contribution in [0.15, 0.2) is 41.6 Å². The minimum Gasteiger partial charge on any atom is -0.385 e. The molecule has 0 saturated heterocycles. The quantitative estimate of drug-likeness (QED) is 0.625. The van der Waals surface area contributed by atoms with E-state index < -0.39 is 0 Å². The lowest BCUT2D eigenvalue weighted by Gasteiger charge is -2.50. The third-order valence-electron chi connectivity index (χ3n) is 7.09. The molecule has 0 radical (unpaired) electrons. The molecule has 1 spiro atoms. The third-order valence-corrected chi connectivity index (χ3v) is 7.09. The molecule has 0 bridgehead atoms. The summed E-state index contributed by atoms with van der Waals surface area (Å²) in [5, 5.41) is 6.83. The lowest BCUT2D eigenvalue weighted by atomic mass is 9.56. The second-order valence-electron chi connectivity index (χ2n) is 8.71. The average Bonchev–Trinajstić information content (AvgIpc) is 2.71. The van der Waals surface area contributed by atoms with Gasteiger partial charge in [0, 0.05) is 29.3 Å². The van der Waals surface area contributed by atoms with Crippen molar-refractivity contribution in [2.45, 2.75) is 77.0 Å². The number of benzene rings is 1. The Labute approximate surface area is 164 Å². The molecule has 1 aromatic rings. The summed E-state index contributed by atoms with van der Waals surface area (Å²) in [6, 6.07) is 10.4. The number of unbranched alkanes of at least 4 members (excludes halogenated alkanes) is 1. The van der Waals surface area contributed by atoms with E-state index in [9.17, 15) is 4.79 Å². The smallest absolute Gasteiger partial charge is 0.228 e. The normalized spacial score (nSPS) is 24.4. The SMILES string of the molecule is O=C1NC2=C(CCCC2)C2(CCCCC2)[C@H]1CCCCNc1ccccc1. The highest BCUT2D eigenvalue weighted by Gasteiger charge is 2.49. The number of allylic oxidation sites excluding steroid dienone is 2. The molecule has 2 aliphatic carbocycles. The molecular formula is C24H34N2O. The fourth-order valence-corrected chi connectivity index (χ4v) is 5.79. The van der Waals surface area contributed by atoms with Gasteiger partial charge in [-0.2, -0.15) is 0 Å². The van der Waals surface area contributed by atoms with Crippen molar-refractivity contribution in [1.29, 1.82) is 0 Å². The largest absolute Gasteiger partial charge is 0.385 e. The van der Waals surface area contributed by atoms with Crippen molar-refractivity contribution in [3.8, 4) is 0 Å². The molecular weight excluding hydrogens is 332 g/mol. The predicted octanol–water partition coefficient (Wildman–Crippen LogP) is 5.79. The van der Waals surface area contributed by atoms with Gasteiger partial charge in [0.25, 0.3) is 0 Å². The first-order chi connectivity index (χ1) is 13.3. The number of nitrogens with one attached hydrogen (secondary N) is 2. The van der Waals surface area contributed by atoms with Crippen molar-refractivity contribution in [3.05, 3.63) is 41.6 Å². The Morgan fingerprint density at radius 1 is 0.963 bits per heavy atom. The van der Waals surface area contributed by atoms with E-state index >= 15 is 0 Å². The molecule has 0 aromatic heterocycles. The van der Waals surface area contributed by atoms with Gasteiger partial charge in [0.05, 0.1) is 0 Å². The van der Waals surface area contributed by atoms with Gasteiger partial charge in [-0.05, 0) is 69.1 Å². The van der Waals surface area contributed by atoms with Crippen LogP contribution in [0.25, 0.3) is 0 Å². The van der Waals surface area contributed by atoms with Crippen molar-refractivity contribution in [3.63, 3.8) is 0 Å². The van der Waals surface area contributed by atoms with E-state index in [1.807, 2.05) is 6.07 Å². The molecule has 1 amide bonds. The first-order valence-corrected chi connectivity index (χ1v) is 11.1. The van der Waals surface area contributed by atoms with Gasteiger partial charge in [0.2, 0.25) is 5.91 Å². The molecule has 4 rings (SSSR count). The number of fused-ring (bicyclic) bond motifs is 1. The monoisotopic (exact) mass is 366 g/mol. The van der Waals surface area contributed by atoms with Gasteiger partial charge < -0.3 is 10.6 Å². The Morgan fingerprint density at radius 2 is 1.74 bits per heavy atom. The molecule has 3 heteroatoms. The van der Waals surface area contributed by atoms with Crippen LogP contribution >= 0.6 is 0 Å². The molecule has 3 nitrogen and oxygen atoms in total. The molecule has 146 valence electrons. The number of rotatable bonds is 6. The highest BCUT2D eigenvalue weighted by Crippen LogP contribution is 2.55. The second-order valence-corrected chi connectivity index (χ2v) is 8.71. The molecule has 1 atom stereocenters. The lowest BCUT2D eigenvalue weighted by molar-refractivity contribution is -0.130. The maximum Gasteiger partial charge on any atom is 0.228 e. The van der Waals surface area contributed by atoms with Crippen LogP contribution < -0.4 is 10.6 Å². The summed E-state index contributed by atoms with van der Waals surface area (Å²) in [6.07, 6.45) is 14.6. The van der Waals surface area contributed by atoms with Crippen LogP contribution in [0, 0.1) is 11.3 Å². The van der Waals surface area contributed by atoms with Crippen LogP contribution in [0.3, 0.4) is 0 Å². The zero-order valence-electron chi connectivity index (χ0n) is 16.6. The standard InChI is InChI=1S/C24H34N2O/c27-23-21(14-7-10-18-25-19-11-3-1-4-12-19)24(16-8-2-9-17-24)20-13-5-6-15-22(20)26-23/h1,3-4,11-12,21,25H,2,5-10,13-18H2,(H,26,27)/t21-/m0/s1. The molecule has 1 heterocycles. The van der Waals surface area contributed by atoms with Crippen LogP contribution in [0.4, 0.5) is 5.69 Å². The van der Waals surface area contributed by atoms with Gasteiger partial charge in [-0.3, -0.25) is 4.79 Å². The van der Waals surface area contributed by atoms with E-state index in [-0.39, 0.29) is 11.3 Å². The van der Waals surface area contributed by atoms with Crippen LogP contribution in [0.2, 0.25) is 0 Å². The number of hydrogen-bond acceptors (Lipinski definition) is 2. The fraction of sp³-hybridized carbons (Fsp3) is 0.625. The van der Waals surface area contributed by atoms with E-state index in [4.69, 9.17) is 0 Å². The van der Waals surface area contributed by atoms with Crippen molar-refractivity contribution in [2.75, 3.05) is 11.9 Å². The Bertz CT molecular complexity index is 673. The lowest BCUT2D eigenvalue weighted by Crippen LogP contribution is -2.50. The number of carbonyl (C=O) groups excluding carboxylic acids is 1. The number of amides is 1. The van der Waals surface area contributed by atoms with Gasteiger partial charge in [-0.1, -0.05) is 43.9 Å². The summed E-state index contributed by atoms with van der Waals surface area (Å²) in [6.45, 7) is 0.985. The van der Waals surface area contributed by atoms with Crippen LogP contribution in [-0.2, 0) is 4.79 Å². The van der Waals surface area contributed by atoms with Crippen LogP contribution in [-0.4, -0.2) is 12.5 Å². The predicted molar refractivity (Wildman–Crippen MR) is 111 cm³/mol. The zero-order valence-corrected chi connectivity index (χ0v) is 16.6. The first kappa shape index (κ1) is 18.6. The molecule has 1 aromatic carbocycles. The fourth-order valence-electron chi connectivity index (χ4n) is 5.79. The van der Waals surface area contributed by atoms with Crippen molar-refractivity contribution >= 4 is 11.6 Å². The van der Waals surface area contributed by atoms with Gasteiger partial charge in [-0.25, -0.2) is 0 Å². The van der Waals surface area contributed by atoms with Gasteiger partial charge in [0.15, 0.2) is 0 Å². The van der Waals surface area contributed by atoms with E-state index in [2.05, 4.69) is 34.9 Å². The maximum absolute atomic E-state index is 13.0. The Hall–Kier alpha value is -1.77. The Morgan fingerprint density at radius 3 is 2.56 bits per heavy atom. The summed E-state index contributed by atoms with van der Waals surface area (Å²) < 4.78 is 0. The van der Waals surface area contributed by atoms with Gasteiger partial charge >= 0.3 is 0 Å². The second kappa shape index (κ2) is 8.50. The van der Waals surface area contributed by atoms with Gasteiger partial charge in [0.1, 0.15) is 0 Å². The summed E-state index contributed by atoms with van der Waals surface area (Å²) in [5.74, 6) is 0.528. The summed E-state index contributed by atoms with van der Waals surface area (Å²) in [5.41, 5.74) is 4.35. The average molecular weight is 367 g/mol. The Balaban J connectivity index is 1.39. The Kier molecular flexibility index (Phi) is 5.85. The highest BCUT2D eigenvalue weighted by molar-refractivity contribution is 5.83. The number of para-hydroxylation sites is 1. The van der Waals surface area contributed by atoms with Gasteiger partial charge in [-0.15, -0.1) is 0 Å². The van der Waals surface area contributed by atoms with E-state index in [0.29, 0.717) is 5.91 Å². The minimum absolute atomic E-state index is 0.198. The van der Waals surface area contributed by atoms with Crippen LogP contribution in [0.5, 0.6) is 0 Å². The molecule has 27 heavy (non-hydrogen) atoms. The maximum atomic E-state index is 13.0. The molecule has 3 aliphatic rings. The van der Waals surface area contributed by atoms with E-state index in [1.54, 1.807) is 5.57 Å².